The van der Waals surface area contributed by atoms with Gasteiger partial charge in [-0.05, 0) is 45.6 Å². The lowest BCUT2D eigenvalue weighted by molar-refractivity contribution is -0.143. The van der Waals surface area contributed by atoms with Gasteiger partial charge in [0.2, 0.25) is 0 Å². The first kappa shape index (κ1) is 12.1. The Bertz CT molecular complexity index is 467. The van der Waals surface area contributed by atoms with Crippen molar-refractivity contribution in [2.45, 2.75) is 51.6 Å². The lowest BCUT2D eigenvalue weighted by Crippen LogP contribution is -2.45. The summed E-state index contributed by atoms with van der Waals surface area (Å²) < 4.78 is 1.95. The monoisotopic (exact) mass is 237 g/mol. The minimum absolute atomic E-state index is 0.114. The van der Waals surface area contributed by atoms with E-state index in [1.165, 1.54) is 5.56 Å². The van der Waals surface area contributed by atoms with Crippen molar-refractivity contribution in [3.05, 3.63) is 17.0 Å². The van der Waals surface area contributed by atoms with Crippen LogP contribution in [-0.2, 0) is 4.79 Å². The molecule has 0 radical (unpaired) electrons. The van der Waals surface area contributed by atoms with Crippen molar-refractivity contribution in [3.8, 4) is 0 Å². The van der Waals surface area contributed by atoms with E-state index in [1.807, 2.05) is 25.5 Å². The van der Waals surface area contributed by atoms with Crippen molar-refractivity contribution in [1.82, 2.24) is 9.78 Å². The Morgan fingerprint density at radius 1 is 1.53 bits per heavy atom. The first-order chi connectivity index (χ1) is 7.85. The Hall–Kier alpha value is -1.36. The normalized spacial score (nSPS) is 28.6. The summed E-state index contributed by atoms with van der Waals surface area (Å²) >= 11 is 0. The van der Waals surface area contributed by atoms with Crippen molar-refractivity contribution < 1.29 is 9.90 Å². The number of hydrogen-bond donors (Lipinski definition) is 2. The maximum Gasteiger partial charge on any atom is 0.323 e. The van der Waals surface area contributed by atoms with Crippen LogP contribution in [0, 0.1) is 20.8 Å². The molecule has 1 aromatic rings. The fraction of sp³-hybridized carbons (Fsp3) is 0.667. The molecule has 1 fully saturated rings. The average molecular weight is 237 g/mol. The van der Waals surface area contributed by atoms with E-state index < -0.39 is 11.5 Å². The van der Waals surface area contributed by atoms with Crippen LogP contribution in [0.3, 0.4) is 0 Å². The molecular weight excluding hydrogens is 218 g/mol. The van der Waals surface area contributed by atoms with Gasteiger partial charge in [0, 0.05) is 5.69 Å². The molecule has 0 spiro atoms. The molecule has 1 aliphatic carbocycles. The van der Waals surface area contributed by atoms with E-state index >= 15 is 0 Å². The Balaban J connectivity index is 2.27. The number of carboxylic acids is 1. The maximum absolute atomic E-state index is 11.1. The van der Waals surface area contributed by atoms with Crippen LogP contribution in [0.15, 0.2) is 0 Å². The van der Waals surface area contributed by atoms with Gasteiger partial charge in [-0.15, -0.1) is 0 Å². The molecular formula is C12H19N3O2. The highest BCUT2D eigenvalue weighted by Gasteiger charge is 2.43. The fourth-order valence-corrected chi connectivity index (χ4v) is 2.55. The van der Waals surface area contributed by atoms with Gasteiger partial charge in [0.05, 0.1) is 11.7 Å². The standard InChI is InChI=1S/C12H19N3O2/c1-7-8(2)14-15(9(7)3)10-4-5-12(13,6-10)11(16)17/h10H,4-6,13H2,1-3H3,(H,16,17). The summed E-state index contributed by atoms with van der Waals surface area (Å²) in [5.41, 5.74) is 8.10. The van der Waals surface area contributed by atoms with Crippen molar-refractivity contribution in [2.24, 2.45) is 5.73 Å². The van der Waals surface area contributed by atoms with Gasteiger partial charge >= 0.3 is 5.97 Å². The number of carbonyl (C=O) groups is 1. The van der Waals surface area contributed by atoms with Crippen LogP contribution >= 0.6 is 0 Å². The molecule has 2 rings (SSSR count). The highest BCUT2D eigenvalue weighted by atomic mass is 16.4. The second-order valence-corrected chi connectivity index (χ2v) is 5.10. The van der Waals surface area contributed by atoms with Crippen LogP contribution in [0.5, 0.6) is 0 Å². The highest BCUT2D eigenvalue weighted by molar-refractivity contribution is 5.78. The molecule has 2 unspecified atom stereocenters. The first-order valence-electron chi connectivity index (χ1n) is 5.90. The third kappa shape index (κ3) is 1.84. The van der Waals surface area contributed by atoms with Gasteiger partial charge < -0.3 is 10.8 Å². The van der Waals surface area contributed by atoms with E-state index in [0.29, 0.717) is 12.8 Å². The largest absolute Gasteiger partial charge is 0.480 e. The van der Waals surface area contributed by atoms with Gasteiger partial charge in [0.1, 0.15) is 5.54 Å². The third-order valence-electron chi connectivity index (χ3n) is 3.98. The molecule has 1 aliphatic rings. The Morgan fingerprint density at radius 3 is 2.59 bits per heavy atom. The van der Waals surface area contributed by atoms with E-state index in [2.05, 4.69) is 5.10 Å². The number of carboxylic acid groups (broad SMARTS) is 1. The smallest absolute Gasteiger partial charge is 0.323 e. The van der Waals surface area contributed by atoms with Gasteiger partial charge in [-0.25, -0.2) is 0 Å². The van der Waals surface area contributed by atoms with Crippen LogP contribution in [-0.4, -0.2) is 26.4 Å². The maximum atomic E-state index is 11.1. The van der Waals surface area contributed by atoms with Crippen LogP contribution < -0.4 is 5.73 Å². The summed E-state index contributed by atoms with van der Waals surface area (Å²) in [4.78, 5) is 11.1. The van der Waals surface area contributed by atoms with Crippen molar-refractivity contribution >= 4 is 5.97 Å². The molecule has 0 bridgehead atoms. The molecule has 0 aromatic carbocycles. The summed E-state index contributed by atoms with van der Waals surface area (Å²) in [6.45, 7) is 6.03. The van der Waals surface area contributed by atoms with Crippen molar-refractivity contribution in [1.29, 1.82) is 0 Å². The van der Waals surface area contributed by atoms with Crippen LogP contribution in [0.1, 0.15) is 42.3 Å². The molecule has 5 nitrogen and oxygen atoms in total. The van der Waals surface area contributed by atoms with E-state index in [9.17, 15) is 4.79 Å². The summed E-state index contributed by atoms with van der Waals surface area (Å²) in [6.07, 6.45) is 1.76. The number of aliphatic carboxylic acids is 1. The van der Waals surface area contributed by atoms with Crippen molar-refractivity contribution in [3.63, 3.8) is 0 Å². The molecule has 1 saturated carbocycles. The van der Waals surface area contributed by atoms with Gasteiger partial charge in [-0.2, -0.15) is 5.10 Å². The second kappa shape index (κ2) is 3.84. The SMILES string of the molecule is Cc1nn(C2CCC(N)(C(=O)O)C2)c(C)c1C. The highest BCUT2D eigenvalue weighted by Crippen LogP contribution is 2.37. The first-order valence-corrected chi connectivity index (χ1v) is 5.90. The van der Waals surface area contributed by atoms with Gasteiger partial charge in [0.15, 0.2) is 0 Å². The Morgan fingerprint density at radius 2 is 2.18 bits per heavy atom. The van der Waals surface area contributed by atoms with Crippen LogP contribution in [0.25, 0.3) is 0 Å². The molecule has 2 atom stereocenters. The number of rotatable bonds is 2. The molecule has 0 saturated heterocycles. The van der Waals surface area contributed by atoms with Gasteiger partial charge in [-0.3, -0.25) is 9.48 Å². The summed E-state index contributed by atoms with van der Waals surface area (Å²) in [5, 5.41) is 13.6. The van der Waals surface area contributed by atoms with E-state index in [0.717, 1.165) is 17.8 Å². The molecule has 3 N–H and O–H groups in total. The Kier molecular flexibility index (Phi) is 2.73. The minimum atomic E-state index is -1.08. The quantitative estimate of drug-likeness (QED) is 0.812. The van der Waals surface area contributed by atoms with Crippen LogP contribution in [0.4, 0.5) is 0 Å². The molecule has 17 heavy (non-hydrogen) atoms. The zero-order chi connectivity index (χ0) is 12.8. The molecule has 1 heterocycles. The summed E-state index contributed by atoms with van der Waals surface area (Å²) in [5.74, 6) is -0.904. The molecule has 1 aromatic heterocycles. The number of aromatic nitrogens is 2. The lowest BCUT2D eigenvalue weighted by atomic mass is 9.99. The molecule has 0 amide bonds. The van der Waals surface area contributed by atoms with Gasteiger partial charge in [0.25, 0.3) is 0 Å². The van der Waals surface area contributed by atoms with E-state index in [-0.39, 0.29) is 6.04 Å². The summed E-state index contributed by atoms with van der Waals surface area (Å²) in [7, 11) is 0. The topological polar surface area (TPSA) is 81.1 Å². The third-order valence-corrected chi connectivity index (χ3v) is 3.98. The van der Waals surface area contributed by atoms with Crippen LogP contribution in [0.2, 0.25) is 0 Å². The predicted molar refractivity (Wildman–Crippen MR) is 63.9 cm³/mol. The number of nitrogens with zero attached hydrogens (tertiary/aromatic N) is 2. The number of hydrogen-bond acceptors (Lipinski definition) is 3. The number of aryl methyl sites for hydroxylation is 1. The molecule has 5 heteroatoms. The molecule has 94 valence electrons. The molecule has 0 aliphatic heterocycles. The van der Waals surface area contributed by atoms with E-state index in [1.54, 1.807) is 0 Å². The zero-order valence-electron chi connectivity index (χ0n) is 10.5. The number of nitrogens with two attached hydrogens (primary N) is 1. The van der Waals surface area contributed by atoms with E-state index in [4.69, 9.17) is 10.8 Å². The lowest BCUT2D eigenvalue weighted by Gasteiger charge is -2.19. The minimum Gasteiger partial charge on any atom is -0.480 e. The summed E-state index contributed by atoms with van der Waals surface area (Å²) in [6, 6.07) is 0.114. The van der Waals surface area contributed by atoms with Gasteiger partial charge in [-0.1, -0.05) is 0 Å². The predicted octanol–water partition coefficient (Wildman–Crippen LogP) is 1.32. The van der Waals surface area contributed by atoms with Crippen molar-refractivity contribution in [2.75, 3.05) is 0 Å². The Labute approximate surface area is 101 Å². The zero-order valence-corrected chi connectivity index (χ0v) is 10.5. The average Bonchev–Trinajstić information content (AvgIpc) is 2.77. The fourth-order valence-electron chi connectivity index (χ4n) is 2.55. The second-order valence-electron chi connectivity index (χ2n) is 5.10.